The van der Waals surface area contributed by atoms with Crippen LogP contribution in [0.3, 0.4) is 0 Å². The van der Waals surface area contributed by atoms with Crippen LogP contribution in [0.25, 0.3) is 11.1 Å². The number of hydrogen-bond donors (Lipinski definition) is 1. The molecule has 3 rings (SSSR count). The molecule has 0 saturated heterocycles. The number of benzene rings is 2. The van der Waals surface area contributed by atoms with Crippen molar-refractivity contribution in [3.05, 3.63) is 53.6 Å². The van der Waals surface area contributed by atoms with Gasteiger partial charge in [0.15, 0.2) is 0 Å². The number of hydrogen-bond acceptors (Lipinski definition) is 2. The van der Waals surface area contributed by atoms with E-state index in [2.05, 4.69) is 30.3 Å². The second-order valence-corrected chi connectivity index (χ2v) is 20.3. The van der Waals surface area contributed by atoms with Crippen LogP contribution in [0.1, 0.15) is 11.1 Å². The zero-order valence-electron chi connectivity index (χ0n) is 12.7. The first kappa shape index (κ1) is 16.7. The van der Waals surface area contributed by atoms with Crippen molar-refractivity contribution < 1.29 is 23.0 Å². The molecule has 2 aromatic carbocycles. The molecule has 5 heteroatoms. The van der Waals surface area contributed by atoms with Crippen molar-refractivity contribution in [3.63, 3.8) is 0 Å². The summed E-state index contributed by atoms with van der Waals surface area (Å²) in [5.74, 6) is 0. The summed E-state index contributed by atoms with van der Waals surface area (Å²) in [6, 6.07) is 14.5. The van der Waals surface area contributed by atoms with Crippen molar-refractivity contribution in [3.8, 4) is 11.1 Å². The molecule has 0 fully saturated rings. The van der Waals surface area contributed by atoms with Gasteiger partial charge in [0.1, 0.15) is 0 Å². The molecule has 2 aromatic rings. The first-order valence-corrected chi connectivity index (χ1v) is 16.3. The molecule has 1 aliphatic rings. The van der Waals surface area contributed by atoms with E-state index in [0.29, 0.717) is 6.54 Å². The van der Waals surface area contributed by atoms with E-state index in [4.69, 9.17) is 17.0 Å². The molecule has 1 N–H and O–H groups in total. The van der Waals surface area contributed by atoms with Crippen LogP contribution < -0.4 is 3.27 Å². The zero-order valence-corrected chi connectivity index (χ0v) is 16.7. The summed E-state index contributed by atoms with van der Waals surface area (Å²) in [4.78, 5) is 1.93. The third-order valence-corrected chi connectivity index (χ3v) is 15.0. The Bertz CT molecular complexity index is 703. The fraction of sp³-hybridized carbons (Fsp3) is 0.294. The molecule has 0 amide bonds. The van der Waals surface area contributed by atoms with Gasteiger partial charge in [-0.05, 0) is 0 Å². The average molecular weight is 415 g/mol. The van der Waals surface area contributed by atoms with Crippen LogP contribution in [0.5, 0.6) is 0 Å². The Kier molecular flexibility index (Phi) is 4.83. The van der Waals surface area contributed by atoms with Gasteiger partial charge in [-0.25, -0.2) is 0 Å². The van der Waals surface area contributed by atoms with Gasteiger partial charge in [0.05, 0.1) is 0 Å². The summed E-state index contributed by atoms with van der Waals surface area (Å²) in [6.07, 6.45) is 0.856. The number of likely N-dealkylation sites (N-methyl/N-ethyl adjacent to an activating group) is 1. The summed E-state index contributed by atoms with van der Waals surface area (Å²) in [7, 11) is 17.4. The number of aliphatic hydroxyl groups excluding tert-OH is 1. The Labute approximate surface area is 143 Å². The molecule has 0 heterocycles. The van der Waals surface area contributed by atoms with Crippen LogP contribution >= 0.6 is 17.0 Å². The minimum atomic E-state index is -3.83. The molecule has 1 aliphatic carbocycles. The summed E-state index contributed by atoms with van der Waals surface area (Å²) < 4.78 is 0.364. The quantitative estimate of drug-likeness (QED) is 0.707. The molecular weight excluding hydrogens is 396 g/mol. The van der Waals surface area contributed by atoms with Crippen LogP contribution in [0.2, 0.25) is 0 Å². The molecule has 2 nitrogen and oxygen atoms in total. The molecule has 22 heavy (non-hydrogen) atoms. The third-order valence-electron chi connectivity index (χ3n) is 4.17. The second-order valence-electron chi connectivity index (χ2n) is 6.07. The SMILES string of the molecule is CN(C)C[CH](O)[Zr]([Cl])([Cl])[c]1cccc2c1Cc1ccccc1-2. The predicted octanol–water partition coefficient (Wildman–Crippen LogP) is 3.22. The Morgan fingerprint density at radius 2 is 1.77 bits per heavy atom. The number of nitrogens with zero attached hydrogens (tertiary/aromatic N) is 1. The van der Waals surface area contributed by atoms with Gasteiger partial charge in [-0.2, -0.15) is 0 Å². The Morgan fingerprint density at radius 1 is 1.09 bits per heavy atom. The molecule has 0 spiro atoms. The van der Waals surface area contributed by atoms with E-state index < -0.39 is 21.7 Å². The summed E-state index contributed by atoms with van der Waals surface area (Å²) in [5, 5.41) is 10.5. The Morgan fingerprint density at radius 3 is 2.50 bits per heavy atom. The number of rotatable bonds is 4. The minimum absolute atomic E-state index is 0.500. The summed E-state index contributed by atoms with van der Waals surface area (Å²) in [5.41, 5.74) is 4.99. The van der Waals surface area contributed by atoms with E-state index in [1.165, 1.54) is 22.3 Å². The van der Waals surface area contributed by atoms with Gasteiger partial charge >= 0.3 is 144 Å². The topological polar surface area (TPSA) is 23.5 Å². The van der Waals surface area contributed by atoms with Crippen LogP contribution in [0, 0.1) is 0 Å². The third kappa shape index (κ3) is 2.95. The normalized spacial score (nSPS) is 14.8. The fourth-order valence-corrected chi connectivity index (χ4v) is 10.7. The van der Waals surface area contributed by atoms with Crippen LogP contribution in [0.15, 0.2) is 42.5 Å². The predicted molar refractivity (Wildman–Crippen MR) is 90.6 cm³/mol. The fourth-order valence-electron chi connectivity index (χ4n) is 3.11. The van der Waals surface area contributed by atoms with E-state index in [9.17, 15) is 5.11 Å². The molecule has 1 atom stereocenters. The van der Waals surface area contributed by atoms with Crippen molar-refractivity contribution in [1.82, 2.24) is 4.90 Å². The monoisotopic (exact) mass is 413 g/mol. The number of aliphatic hydroxyl groups is 1. The van der Waals surface area contributed by atoms with Gasteiger partial charge < -0.3 is 0 Å². The molecular formula is C17H19Cl2NOZr. The zero-order chi connectivity index (χ0) is 15.9. The summed E-state index contributed by atoms with van der Waals surface area (Å²) >= 11 is -3.83. The average Bonchev–Trinajstić information content (AvgIpc) is 2.84. The van der Waals surface area contributed by atoms with Crippen molar-refractivity contribution in [2.45, 2.75) is 10.2 Å². The second kappa shape index (κ2) is 6.38. The van der Waals surface area contributed by atoms with Crippen LogP contribution in [-0.2, 0) is 24.3 Å². The first-order chi connectivity index (χ1) is 10.4. The number of halogens is 2. The molecule has 0 saturated carbocycles. The van der Waals surface area contributed by atoms with E-state index >= 15 is 0 Å². The number of fused-ring (bicyclic) bond motifs is 3. The van der Waals surface area contributed by atoms with E-state index in [1.54, 1.807) is 0 Å². The van der Waals surface area contributed by atoms with Crippen molar-refractivity contribution in [2.75, 3.05) is 20.6 Å². The van der Waals surface area contributed by atoms with Gasteiger partial charge in [0.2, 0.25) is 0 Å². The Balaban J connectivity index is 2.04. The standard InChI is InChI=1S/C13H9.C4H10NO.2ClH.Zr/c1-3-7-12-10(5-1)9-11-6-2-4-8-13(11)12;1-5(2)3-4-6;;;/h1-5,7-8H,9H2;4,6H,3H2,1-2H3;2*1H;/q;;;;+2/p-2. The van der Waals surface area contributed by atoms with E-state index in [1.807, 2.05) is 31.1 Å². The molecule has 0 aliphatic heterocycles. The van der Waals surface area contributed by atoms with Gasteiger partial charge in [-0.1, -0.05) is 0 Å². The van der Waals surface area contributed by atoms with E-state index in [0.717, 1.165) is 9.69 Å². The van der Waals surface area contributed by atoms with Gasteiger partial charge in [-0.15, -0.1) is 0 Å². The van der Waals surface area contributed by atoms with Gasteiger partial charge in [0, 0.05) is 0 Å². The van der Waals surface area contributed by atoms with Crippen molar-refractivity contribution >= 4 is 20.3 Å². The van der Waals surface area contributed by atoms with Gasteiger partial charge in [0.25, 0.3) is 0 Å². The van der Waals surface area contributed by atoms with Crippen molar-refractivity contribution in [2.24, 2.45) is 0 Å². The maximum atomic E-state index is 10.5. The summed E-state index contributed by atoms with van der Waals surface area (Å²) in [6.45, 7) is 0.500. The molecule has 0 aromatic heterocycles. The molecule has 0 radical (unpaired) electrons. The van der Waals surface area contributed by atoms with Crippen molar-refractivity contribution in [1.29, 1.82) is 0 Å². The first-order valence-electron chi connectivity index (χ1n) is 7.32. The Hall–Kier alpha value is -0.177. The van der Waals surface area contributed by atoms with Crippen LogP contribution in [-0.4, -0.2) is 34.5 Å². The maximum absolute atomic E-state index is 10.5. The molecule has 1 unspecified atom stereocenters. The van der Waals surface area contributed by atoms with Gasteiger partial charge in [-0.3, -0.25) is 0 Å². The van der Waals surface area contributed by atoms with Crippen LogP contribution in [0.4, 0.5) is 0 Å². The molecule has 0 bridgehead atoms. The van der Waals surface area contributed by atoms with E-state index in [-0.39, 0.29) is 0 Å². The molecule has 116 valence electrons.